The molecule has 1 aliphatic heterocycles. The summed E-state index contributed by atoms with van der Waals surface area (Å²) in [6.45, 7) is 2.80. The first-order valence-electron chi connectivity index (χ1n) is 8.07. The maximum atomic E-state index is 12.2. The fourth-order valence-corrected chi connectivity index (χ4v) is 2.75. The minimum absolute atomic E-state index is 0.0862. The minimum Gasteiger partial charge on any atom is -0.493 e. The molecule has 0 aromatic heterocycles. The number of halogens is 1. The van der Waals surface area contributed by atoms with Gasteiger partial charge in [-0.05, 0) is 24.6 Å². The topological polar surface area (TPSA) is 79.0 Å². The number of imide groups is 1. The summed E-state index contributed by atoms with van der Waals surface area (Å²) in [4.78, 5) is 38.2. The van der Waals surface area contributed by atoms with E-state index in [1.807, 2.05) is 6.92 Å². The molecule has 0 spiro atoms. The Hall–Kier alpha value is -2.28. The monoisotopic (exact) mass is 367 g/mol. The predicted octanol–water partition coefficient (Wildman–Crippen LogP) is 2.03. The first kappa shape index (κ1) is 19.1. The van der Waals surface area contributed by atoms with Crippen molar-refractivity contribution in [2.45, 2.75) is 32.4 Å². The van der Waals surface area contributed by atoms with Crippen molar-refractivity contribution in [2.24, 2.45) is 0 Å². The van der Waals surface area contributed by atoms with Crippen LogP contribution in [0.15, 0.2) is 18.2 Å². The highest BCUT2D eigenvalue weighted by molar-refractivity contribution is 6.30. The first-order chi connectivity index (χ1) is 11.8. The van der Waals surface area contributed by atoms with Gasteiger partial charge in [-0.1, -0.05) is 18.5 Å². The van der Waals surface area contributed by atoms with E-state index in [0.717, 1.165) is 16.9 Å². The summed E-state index contributed by atoms with van der Waals surface area (Å²) < 4.78 is 5.65. The molecule has 136 valence electrons. The largest absolute Gasteiger partial charge is 0.493 e. The molecule has 1 unspecified atom stereocenters. The zero-order chi connectivity index (χ0) is 18.6. The van der Waals surface area contributed by atoms with Crippen LogP contribution >= 0.6 is 11.6 Å². The van der Waals surface area contributed by atoms with Crippen LogP contribution in [0.3, 0.4) is 0 Å². The second-order valence-electron chi connectivity index (χ2n) is 5.89. The lowest BCUT2D eigenvalue weighted by molar-refractivity contribution is -0.131. The highest BCUT2D eigenvalue weighted by Crippen LogP contribution is 2.23. The fraction of sp³-hybridized carbons (Fsp3) is 0.471. The van der Waals surface area contributed by atoms with Gasteiger partial charge < -0.3 is 15.0 Å². The standard InChI is InChI=1S/C17H22ClN3O4/c1-4-7-25-14-6-5-12(18)8-11(14)10-19-15(22)9-13-16(23)21(3)17(24)20(13)2/h5-6,8,13H,4,7,9-10H2,1-3H3,(H,19,22). The second-order valence-corrected chi connectivity index (χ2v) is 6.32. The Morgan fingerprint density at radius 1 is 1.32 bits per heavy atom. The quantitative estimate of drug-likeness (QED) is 0.748. The molecule has 1 aromatic carbocycles. The Morgan fingerprint density at radius 2 is 2.04 bits per heavy atom. The van der Waals surface area contributed by atoms with Crippen molar-refractivity contribution >= 4 is 29.4 Å². The number of likely N-dealkylation sites (N-methyl/N-ethyl adjacent to an activating group) is 2. The van der Waals surface area contributed by atoms with Crippen LogP contribution in [0.1, 0.15) is 25.3 Å². The highest BCUT2D eigenvalue weighted by Gasteiger charge is 2.41. The number of benzene rings is 1. The zero-order valence-corrected chi connectivity index (χ0v) is 15.3. The van der Waals surface area contributed by atoms with Crippen molar-refractivity contribution in [3.63, 3.8) is 0 Å². The van der Waals surface area contributed by atoms with Crippen molar-refractivity contribution in [1.82, 2.24) is 15.1 Å². The van der Waals surface area contributed by atoms with E-state index in [9.17, 15) is 14.4 Å². The summed E-state index contributed by atoms with van der Waals surface area (Å²) >= 11 is 6.01. The molecule has 1 aromatic rings. The van der Waals surface area contributed by atoms with Gasteiger partial charge in [0.2, 0.25) is 5.91 Å². The lowest BCUT2D eigenvalue weighted by Gasteiger charge is -2.16. The third-order valence-corrected chi connectivity index (χ3v) is 4.25. The Balaban J connectivity index is 1.97. The fourth-order valence-electron chi connectivity index (χ4n) is 2.56. The van der Waals surface area contributed by atoms with E-state index in [0.29, 0.717) is 17.4 Å². The van der Waals surface area contributed by atoms with E-state index in [4.69, 9.17) is 16.3 Å². The molecule has 1 heterocycles. The number of hydrogen-bond donors (Lipinski definition) is 1. The Kier molecular flexibility index (Phi) is 6.25. The van der Waals surface area contributed by atoms with Crippen LogP contribution in [0.2, 0.25) is 5.02 Å². The molecular weight excluding hydrogens is 346 g/mol. The van der Waals surface area contributed by atoms with E-state index in [-0.39, 0.29) is 24.8 Å². The average Bonchev–Trinajstić information content (AvgIpc) is 2.77. The minimum atomic E-state index is -0.771. The molecule has 0 aliphatic carbocycles. The Bertz CT molecular complexity index is 680. The van der Waals surface area contributed by atoms with Crippen molar-refractivity contribution in [3.8, 4) is 5.75 Å². The molecule has 0 bridgehead atoms. The molecule has 8 heteroatoms. The number of nitrogens with one attached hydrogen (secondary N) is 1. The van der Waals surface area contributed by atoms with Gasteiger partial charge in [0.05, 0.1) is 13.0 Å². The van der Waals surface area contributed by atoms with Crippen LogP contribution in [0.5, 0.6) is 5.75 Å². The Morgan fingerprint density at radius 3 is 2.64 bits per heavy atom. The van der Waals surface area contributed by atoms with E-state index in [1.165, 1.54) is 19.0 Å². The molecule has 4 amide bonds. The van der Waals surface area contributed by atoms with Gasteiger partial charge in [0.15, 0.2) is 0 Å². The summed E-state index contributed by atoms with van der Waals surface area (Å²) in [7, 11) is 2.91. The van der Waals surface area contributed by atoms with E-state index in [2.05, 4.69) is 5.32 Å². The van der Waals surface area contributed by atoms with Gasteiger partial charge in [-0.15, -0.1) is 0 Å². The maximum absolute atomic E-state index is 12.2. The average molecular weight is 368 g/mol. The number of amides is 4. The van der Waals surface area contributed by atoms with Gasteiger partial charge >= 0.3 is 6.03 Å². The normalized spacial score (nSPS) is 17.2. The van der Waals surface area contributed by atoms with Crippen LogP contribution in [0.4, 0.5) is 4.79 Å². The van der Waals surface area contributed by atoms with Crippen LogP contribution in [0.25, 0.3) is 0 Å². The van der Waals surface area contributed by atoms with Crippen LogP contribution in [0, 0.1) is 0 Å². The van der Waals surface area contributed by atoms with E-state index < -0.39 is 12.1 Å². The van der Waals surface area contributed by atoms with Crippen molar-refractivity contribution in [3.05, 3.63) is 28.8 Å². The number of carbonyl (C=O) groups excluding carboxylic acids is 3. The number of rotatable bonds is 7. The highest BCUT2D eigenvalue weighted by atomic mass is 35.5. The van der Waals surface area contributed by atoms with Gasteiger partial charge in [0.1, 0.15) is 11.8 Å². The number of hydrogen-bond acceptors (Lipinski definition) is 4. The van der Waals surface area contributed by atoms with Crippen molar-refractivity contribution < 1.29 is 19.1 Å². The van der Waals surface area contributed by atoms with E-state index >= 15 is 0 Å². The number of nitrogens with zero attached hydrogens (tertiary/aromatic N) is 2. The molecule has 0 saturated carbocycles. The van der Waals surface area contributed by atoms with E-state index in [1.54, 1.807) is 18.2 Å². The lowest BCUT2D eigenvalue weighted by atomic mass is 10.1. The molecule has 1 fully saturated rings. The van der Waals surface area contributed by atoms with Gasteiger partial charge in [-0.25, -0.2) is 4.79 Å². The van der Waals surface area contributed by atoms with Crippen LogP contribution < -0.4 is 10.1 Å². The van der Waals surface area contributed by atoms with Gasteiger partial charge in [0, 0.05) is 31.2 Å². The third-order valence-electron chi connectivity index (χ3n) is 4.01. The zero-order valence-electron chi connectivity index (χ0n) is 14.5. The maximum Gasteiger partial charge on any atom is 0.326 e. The SMILES string of the molecule is CCCOc1ccc(Cl)cc1CNC(=O)CC1C(=O)N(C)C(=O)N1C. The number of carbonyl (C=O) groups is 3. The molecule has 7 nitrogen and oxygen atoms in total. The molecule has 1 aliphatic rings. The molecule has 25 heavy (non-hydrogen) atoms. The lowest BCUT2D eigenvalue weighted by Crippen LogP contribution is -2.37. The van der Waals surface area contributed by atoms with Crippen molar-refractivity contribution in [1.29, 1.82) is 0 Å². The molecule has 1 N–H and O–H groups in total. The first-order valence-corrected chi connectivity index (χ1v) is 8.45. The molecule has 1 atom stereocenters. The third kappa shape index (κ3) is 4.42. The number of ether oxygens (including phenoxy) is 1. The van der Waals surface area contributed by atoms with Crippen LogP contribution in [-0.4, -0.2) is 54.4 Å². The number of urea groups is 1. The molecule has 0 radical (unpaired) electrons. The summed E-state index contributed by atoms with van der Waals surface area (Å²) in [6.07, 6.45) is 0.781. The summed E-state index contributed by atoms with van der Waals surface area (Å²) in [5.41, 5.74) is 0.758. The smallest absolute Gasteiger partial charge is 0.326 e. The van der Waals surface area contributed by atoms with Gasteiger partial charge in [0.25, 0.3) is 5.91 Å². The molecular formula is C17H22ClN3O4. The summed E-state index contributed by atoms with van der Waals surface area (Å²) in [6, 6.07) is 4.05. The Labute approximate surface area is 151 Å². The van der Waals surface area contributed by atoms with Gasteiger partial charge in [-0.2, -0.15) is 0 Å². The predicted molar refractivity (Wildman–Crippen MR) is 93.4 cm³/mol. The molecule has 2 rings (SSSR count). The summed E-state index contributed by atoms with van der Waals surface area (Å²) in [5.74, 6) is -0.0392. The van der Waals surface area contributed by atoms with Crippen LogP contribution in [-0.2, 0) is 16.1 Å². The second kappa shape index (κ2) is 8.20. The molecule has 1 saturated heterocycles. The van der Waals surface area contributed by atoms with Crippen molar-refractivity contribution in [2.75, 3.05) is 20.7 Å². The van der Waals surface area contributed by atoms with Gasteiger partial charge in [-0.3, -0.25) is 14.5 Å². The summed E-state index contributed by atoms with van der Waals surface area (Å²) in [5, 5.41) is 3.30.